The van der Waals surface area contributed by atoms with Gasteiger partial charge in [0.15, 0.2) is 0 Å². The number of quaternary nitrogens is 1. The van der Waals surface area contributed by atoms with Gasteiger partial charge in [0.05, 0.1) is 31.7 Å². The van der Waals surface area contributed by atoms with Gasteiger partial charge in [0.25, 0.3) is 0 Å². The van der Waals surface area contributed by atoms with Crippen molar-refractivity contribution in [2.75, 3.05) is 46.0 Å². The normalized spacial score (nSPS) is 15.1. The Morgan fingerprint density at radius 1 is 1.00 bits per heavy atom. The minimum atomic E-state index is -4.12. The fourth-order valence-electron chi connectivity index (χ4n) is 2.16. The van der Waals surface area contributed by atoms with E-state index in [2.05, 4.69) is 20.8 Å². The summed E-state index contributed by atoms with van der Waals surface area (Å²) in [6.45, 7) is 15.1. The van der Waals surface area contributed by atoms with Crippen molar-refractivity contribution in [3.8, 4) is 0 Å². The van der Waals surface area contributed by atoms with Gasteiger partial charge < -0.3 is 14.1 Å². The number of esters is 1. The lowest BCUT2D eigenvalue weighted by molar-refractivity contribution is -0.923. The molecule has 1 unspecified atom stereocenters. The van der Waals surface area contributed by atoms with Crippen molar-refractivity contribution >= 4 is 13.8 Å². The molecular formula is C16H35NO6P+. The van der Waals surface area contributed by atoms with E-state index < -0.39 is 13.2 Å². The van der Waals surface area contributed by atoms with Crippen LogP contribution in [-0.4, -0.2) is 61.3 Å². The van der Waals surface area contributed by atoms with E-state index in [-0.39, 0.29) is 25.8 Å². The zero-order valence-electron chi connectivity index (χ0n) is 16.0. The molecule has 0 saturated heterocycles. The molecule has 0 aromatic heterocycles. The van der Waals surface area contributed by atoms with Crippen LogP contribution in [0, 0.1) is 5.41 Å². The van der Waals surface area contributed by atoms with Crippen LogP contribution in [0.5, 0.6) is 0 Å². The second-order valence-corrected chi connectivity index (χ2v) is 7.98. The van der Waals surface area contributed by atoms with Gasteiger partial charge in [-0.25, -0.2) is 4.57 Å². The molecule has 7 nitrogen and oxygen atoms in total. The van der Waals surface area contributed by atoms with Gasteiger partial charge in [0.1, 0.15) is 19.8 Å². The summed E-state index contributed by atoms with van der Waals surface area (Å²) in [6, 6.07) is 0. The molecule has 0 aromatic carbocycles. The number of ether oxygens (including phenoxy) is 1. The minimum Gasteiger partial charge on any atom is -0.463 e. The molecule has 0 saturated carbocycles. The second-order valence-electron chi connectivity index (χ2n) is 6.52. The summed E-state index contributed by atoms with van der Waals surface area (Å²) in [5.74, 6) is -0.349. The van der Waals surface area contributed by atoms with Crippen LogP contribution in [0.3, 0.4) is 0 Å². The summed E-state index contributed by atoms with van der Waals surface area (Å²) in [7, 11) is -4.12. The number of carbonyl (C=O) groups excluding carboxylic acids is 1. The Morgan fingerprint density at radius 2 is 1.50 bits per heavy atom. The first-order chi connectivity index (χ1) is 11.1. The average Bonchev–Trinajstić information content (AvgIpc) is 2.55. The summed E-state index contributed by atoms with van der Waals surface area (Å²) < 4.78 is 27.6. The molecule has 0 heterocycles. The third-order valence-corrected chi connectivity index (χ3v) is 5.86. The fourth-order valence-corrected chi connectivity index (χ4v) is 2.85. The Hall–Kier alpha value is -0.460. The van der Waals surface area contributed by atoms with Crippen molar-refractivity contribution < 1.29 is 32.5 Å². The maximum Gasteiger partial charge on any atom is 0.472 e. The SMILES string of the molecule is CCC(C)(C)C(=O)OCCOP(=O)(O)OCC[N+](CC)(CC)CC. The predicted molar refractivity (Wildman–Crippen MR) is 93.5 cm³/mol. The highest BCUT2D eigenvalue weighted by molar-refractivity contribution is 7.47. The fraction of sp³-hybridized carbons (Fsp3) is 0.938. The third-order valence-electron chi connectivity index (χ3n) is 4.84. The molecule has 0 spiro atoms. The van der Waals surface area contributed by atoms with Gasteiger partial charge in [0, 0.05) is 0 Å². The molecule has 1 N–H and O–H groups in total. The van der Waals surface area contributed by atoms with Gasteiger partial charge in [0.2, 0.25) is 0 Å². The lowest BCUT2D eigenvalue weighted by atomic mass is 9.91. The molecule has 0 aliphatic heterocycles. The standard InChI is InChI=1S/C16H34NO6P/c1-7-16(5,6)15(18)21-13-14-23-24(19,20)22-12-11-17(8-2,9-3)10-4/h7-14H2,1-6H3/p+1. The summed E-state index contributed by atoms with van der Waals surface area (Å²) in [4.78, 5) is 21.4. The molecule has 0 rings (SSSR count). The molecular weight excluding hydrogens is 333 g/mol. The van der Waals surface area contributed by atoms with Gasteiger partial charge >= 0.3 is 13.8 Å². The zero-order chi connectivity index (χ0) is 18.9. The molecule has 0 aromatic rings. The van der Waals surface area contributed by atoms with E-state index in [1.165, 1.54) is 0 Å². The molecule has 1 atom stereocenters. The van der Waals surface area contributed by atoms with Gasteiger partial charge in [-0.05, 0) is 41.0 Å². The first-order valence-corrected chi connectivity index (χ1v) is 10.2. The summed E-state index contributed by atoms with van der Waals surface area (Å²) in [5.41, 5.74) is -0.568. The van der Waals surface area contributed by atoms with Crippen LogP contribution in [0.25, 0.3) is 0 Å². The van der Waals surface area contributed by atoms with E-state index in [1.54, 1.807) is 13.8 Å². The molecule has 0 aliphatic rings. The highest BCUT2D eigenvalue weighted by Gasteiger charge is 2.28. The Labute approximate surface area is 146 Å². The number of hydrogen-bond donors (Lipinski definition) is 1. The number of likely N-dealkylation sites (N-methyl/N-ethyl adjacent to an activating group) is 1. The smallest absolute Gasteiger partial charge is 0.463 e. The van der Waals surface area contributed by atoms with Crippen molar-refractivity contribution in [3.05, 3.63) is 0 Å². The van der Waals surface area contributed by atoms with Crippen molar-refractivity contribution in [1.82, 2.24) is 0 Å². The van der Waals surface area contributed by atoms with Crippen molar-refractivity contribution in [1.29, 1.82) is 0 Å². The topological polar surface area (TPSA) is 82.1 Å². The predicted octanol–water partition coefficient (Wildman–Crippen LogP) is 2.98. The Balaban J connectivity index is 4.15. The van der Waals surface area contributed by atoms with Crippen LogP contribution in [0.2, 0.25) is 0 Å². The molecule has 0 aliphatic carbocycles. The van der Waals surface area contributed by atoms with Crippen LogP contribution in [0.1, 0.15) is 48.0 Å². The van der Waals surface area contributed by atoms with E-state index >= 15 is 0 Å². The molecule has 0 bridgehead atoms. The Bertz CT molecular complexity index is 415. The minimum absolute atomic E-state index is 0.0744. The summed E-state index contributed by atoms with van der Waals surface area (Å²) in [6.07, 6.45) is 0.653. The van der Waals surface area contributed by atoms with E-state index in [4.69, 9.17) is 13.8 Å². The Morgan fingerprint density at radius 3 is 1.96 bits per heavy atom. The number of nitrogens with zero attached hydrogens (tertiary/aromatic N) is 1. The number of phosphoric acid groups is 1. The van der Waals surface area contributed by atoms with Gasteiger partial charge in [-0.2, -0.15) is 0 Å². The highest BCUT2D eigenvalue weighted by atomic mass is 31.2. The van der Waals surface area contributed by atoms with Gasteiger partial charge in [-0.15, -0.1) is 0 Å². The van der Waals surface area contributed by atoms with Crippen molar-refractivity contribution in [3.63, 3.8) is 0 Å². The van der Waals surface area contributed by atoms with Gasteiger partial charge in [-0.3, -0.25) is 13.8 Å². The molecule has 0 fully saturated rings. The zero-order valence-corrected chi connectivity index (χ0v) is 16.9. The largest absolute Gasteiger partial charge is 0.472 e. The molecule has 0 radical (unpaired) electrons. The number of carbonyl (C=O) groups is 1. The van der Waals surface area contributed by atoms with Crippen LogP contribution in [-0.2, 0) is 23.1 Å². The van der Waals surface area contributed by atoms with Crippen LogP contribution < -0.4 is 0 Å². The molecule has 0 amide bonds. The molecule has 24 heavy (non-hydrogen) atoms. The van der Waals surface area contributed by atoms with Crippen molar-refractivity contribution in [2.24, 2.45) is 5.41 Å². The van der Waals surface area contributed by atoms with E-state index in [9.17, 15) is 14.3 Å². The van der Waals surface area contributed by atoms with Crippen LogP contribution in [0.15, 0.2) is 0 Å². The second kappa shape index (κ2) is 10.5. The highest BCUT2D eigenvalue weighted by Crippen LogP contribution is 2.42. The van der Waals surface area contributed by atoms with Gasteiger partial charge in [-0.1, -0.05) is 6.92 Å². The monoisotopic (exact) mass is 368 g/mol. The summed E-state index contributed by atoms with van der Waals surface area (Å²) >= 11 is 0. The Kier molecular flexibility index (Phi) is 10.3. The molecule has 8 heteroatoms. The number of phosphoric ester groups is 1. The third kappa shape index (κ3) is 8.08. The van der Waals surface area contributed by atoms with Crippen LogP contribution >= 0.6 is 7.82 Å². The van der Waals surface area contributed by atoms with E-state index in [0.29, 0.717) is 13.0 Å². The first kappa shape index (κ1) is 23.5. The quantitative estimate of drug-likeness (QED) is 0.233. The average molecular weight is 368 g/mol. The summed E-state index contributed by atoms with van der Waals surface area (Å²) in [5, 5.41) is 0. The lowest BCUT2D eigenvalue weighted by Gasteiger charge is -2.35. The van der Waals surface area contributed by atoms with Crippen molar-refractivity contribution in [2.45, 2.75) is 48.0 Å². The van der Waals surface area contributed by atoms with E-state index in [1.807, 2.05) is 6.92 Å². The van der Waals surface area contributed by atoms with E-state index in [0.717, 1.165) is 24.1 Å². The number of hydrogen-bond acceptors (Lipinski definition) is 5. The maximum atomic E-state index is 11.8. The van der Waals surface area contributed by atoms with Crippen LogP contribution in [0.4, 0.5) is 0 Å². The number of rotatable bonds is 13. The lowest BCUT2D eigenvalue weighted by Crippen LogP contribution is -2.49. The molecule has 144 valence electrons. The maximum absolute atomic E-state index is 11.8. The first-order valence-electron chi connectivity index (χ1n) is 8.72.